The van der Waals surface area contributed by atoms with Gasteiger partial charge >= 0.3 is 0 Å². The lowest BCUT2D eigenvalue weighted by atomic mass is 10.0. The molecule has 3 aromatic rings. The summed E-state index contributed by atoms with van der Waals surface area (Å²) in [6, 6.07) is 12.2. The maximum Gasteiger partial charge on any atom is 0.254 e. The summed E-state index contributed by atoms with van der Waals surface area (Å²) in [6.07, 6.45) is 0. The van der Waals surface area contributed by atoms with Crippen molar-refractivity contribution in [2.45, 2.75) is 6.54 Å². The molecule has 88 valence electrons. The number of hydrogen-bond acceptors (Lipinski definition) is 1. The van der Waals surface area contributed by atoms with Crippen molar-refractivity contribution in [3.05, 3.63) is 47.5 Å². The molecule has 2 aromatic carbocycles. The minimum Gasteiger partial charge on any atom is -0.355 e. The Labute approximate surface area is 104 Å². The monoisotopic (exact) mass is 236 g/mol. The average Bonchev–Trinajstić information content (AvgIpc) is 2.88. The molecule has 3 heteroatoms. The molecule has 3 nitrogen and oxygen atoms in total. The first-order valence-electron chi connectivity index (χ1n) is 6.03. The minimum atomic E-state index is 0.122. The molecule has 4 rings (SSSR count). The maximum atomic E-state index is 12.0. The number of carbonyl (C=O) groups is 1. The van der Waals surface area contributed by atoms with Gasteiger partial charge in [0.15, 0.2) is 0 Å². The van der Waals surface area contributed by atoms with E-state index in [1.165, 1.54) is 10.8 Å². The van der Waals surface area contributed by atoms with Gasteiger partial charge in [0.05, 0.1) is 0 Å². The molecule has 1 aliphatic rings. The number of rotatable bonds is 0. The van der Waals surface area contributed by atoms with Crippen LogP contribution in [0.5, 0.6) is 0 Å². The number of carbonyl (C=O) groups excluding carboxylic acids is 1. The topological polar surface area (TPSA) is 36.1 Å². The number of amides is 1. The van der Waals surface area contributed by atoms with Gasteiger partial charge in [0, 0.05) is 41.0 Å². The second kappa shape index (κ2) is 3.13. The molecule has 0 unspecified atom stereocenters. The summed E-state index contributed by atoms with van der Waals surface area (Å²) in [7, 11) is 1.85. The number of nitrogens with zero attached hydrogens (tertiary/aromatic N) is 1. The molecule has 0 bridgehead atoms. The molecule has 0 aliphatic carbocycles. The Balaban J connectivity index is 2.21. The predicted molar refractivity (Wildman–Crippen MR) is 71.6 cm³/mol. The summed E-state index contributed by atoms with van der Waals surface area (Å²) < 4.78 is 0. The lowest BCUT2D eigenvalue weighted by molar-refractivity contribution is 0.0816. The average molecular weight is 236 g/mol. The summed E-state index contributed by atoms with van der Waals surface area (Å²) in [5.74, 6) is 0.122. The van der Waals surface area contributed by atoms with E-state index in [1.807, 2.05) is 31.3 Å². The highest BCUT2D eigenvalue weighted by Crippen LogP contribution is 2.34. The summed E-state index contributed by atoms with van der Waals surface area (Å²) >= 11 is 0. The third-order valence-electron chi connectivity index (χ3n) is 3.75. The van der Waals surface area contributed by atoms with E-state index < -0.39 is 0 Å². The van der Waals surface area contributed by atoms with E-state index in [0.717, 1.165) is 22.2 Å². The first-order chi connectivity index (χ1) is 8.75. The molecular weight excluding hydrogens is 224 g/mol. The van der Waals surface area contributed by atoms with Gasteiger partial charge in [-0.2, -0.15) is 0 Å². The van der Waals surface area contributed by atoms with Crippen LogP contribution in [-0.4, -0.2) is 22.8 Å². The van der Waals surface area contributed by atoms with Crippen molar-refractivity contribution in [1.29, 1.82) is 0 Å². The third-order valence-corrected chi connectivity index (χ3v) is 3.75. The van der Waals surface area contributed by atoms with Gasteiger partial charge < -0.3 is 9.88 Å². The smallest absolute Gasteiger partial charge is 0.254 e. The Kier molecular flexibility index (Phi) is 1.69. The molecular formula is C15H12N2O. The molecule has 2 heterocycles. The van der Waals surface area contributed by atoms with E-state index in [1.54, 1.807) is 4.90 Å². The van der Waals surface area contributed by atoms with Crippen LogP contribution in [0.2, 0.25) is 0 Å². The minimum absolute atomic E-state index is 0.122. The first kappa shape index (κ1) is 9.71. The van der Waals surface area contributed by atoms with Crippen molar-refractivity contribution < 1.29 is 4.79 Å². The van der Waals surface area contributed by atoms with Crippen molar-refractivity contribution in [2.24, 2.45) is 0 Å². The van der Waals surface area contributed by atoms with Crippen LogP contribution in [-0.2, 0) is 6.54 Å². The number of para-hydroxylation sites is 1. The van der Waals surface area contributed by atoms with E-state index >= 15 is 0 Å². The van der Waals surface area contributed by atoms with Crippen molar-refractivity contribution in [3.8, 4) is 0 Å². The van der Waals surface area contributed by atoms with Gasteiger partial charge in [-0.1, -0.05) is 18.2 Å². The van der Waals surface area contributed by atoms with Crippen LogP contribution in [0.3, 0.4) is 0 Å². The highest BCUT2D eigenvalue weighted by atomic mass is 16.2. The van der Waals surface area contributed by atoms with E-state index in [0.29, 0.717) is 6.54 Å². The fraction of sp³-hybridized carbons (Fsp3) is 0.133. The molecule has 0 saturated heterocycles. The molecule has 0 atom stereocenters. The van der Waals surface area contributed by atoms with E-state index in [2.05, 4.69) is 17.1 Å². The van der Waals surface area contributed by atoms with Crippen LogP contribution in [0.4, 0.5) is 0 Å². The fourth-order valence-electron chi connectivity index (χ4n) is 2.89. The molecule has 0 radical (unpaired) electrons. The second-order valence-electron chi connectivity index (χ2n) is 4.85. The summed E-state index contributed by atoms with van der Waals surface area (Å²) in [4.78, 5) is 17.2. The van der Waals surface area contributed by atoms with Crippen molar-refractivity contribution >= 4 is 27.7 Å². The quantitative estimate of drug-likeness (QED) is 0.640. The number of hydrogen-bond donors (Lipinski definition) is 1. The van der Waals surface area contributed by atoms with Gasteiger partial charge in [-0.3, -0.25) is 4.79 Å². The Bertz CT molecular complexity index is 801. The standard InChI is InChI=1S/C15H12N2O/c1-17-8-11-9(15(17)18)6-7-13-14(11)10-4-2-3-5-12(10)16-13/h2-7,16H,8H2,1H3. The SMILES string of the molecule is CN1Cc2c(ccc3[nH]c4ccccc4c23)C1=O. The number of fused-ring (bicyclic) bond motifs is 5. The lowest BCUT2D eigenvalue weighted by Gasteiger charge is -2.04. The van der Waals surface area contributed by atoms with Gasteiger partial charge in [0.1, 0.15) is 0 Å². The summed E-state index contributed by atoms with van der Waals surface area (Å²) in [5, 5.41) is 2.40. The zero-order chi connectivity index (χ0) is 12.3. The van der Waals surface area contributed by atoms with Gasteiger partial charge in [0.25, 0.3) is 5.91 Å². The number of H-pyrrole nitrogens is 1. The van der Waals surface area contributed by atoms with Gasteiger partial charge in [-0.25, -0.2) is 0 Å². The molecule has 0 spiro atoms. The zero-order valence-electron chi connectivity index (χ0n) is 10.0. The largest absolute Gasteiger partial charge is 0.355 e. The maximum absolute atomic E-state index is 12.0. The van der Waals surface area contributed by atoms with Crippen LogP contribution < -0.4 is 0 Å². The molecule has 1 N–H and O–H groups in total. The summed E-state index contributed by atoms with van der Waals surface area (Å²) in [5.41, 5.74) is 4.23. The zero-order valence-corrected chi connectivity index (χ0v) is 10.0. The van der Waals surface area contributed by atoms with Crippen LogP contribution in [0, 0.1) is 0 Å². The van der Waals surface area contributed by atoms with Crippen molar-refractivity contribution in [2.75, 3.05) is 7.05 Å². The molecule has 1 aromatic heterocycles. The number of aromatic nitrogens is 1. The van der Waals surface area contributed by atoms with Crippen molar-refractivity contribution in [1.82, 2.24) is 9.88 Å². The van der Waals surface area contributed by atoms with Gasteiger partial charge in [0.2, 0.25) is 0 Å². The van der Waals surface area contributed by atoms with Gasteiger partial charge in [-0.15, -0.1) is 0 Å². The fourth-order valence-corrected chi connectivity index (χ4v) is 2.89. The Hall–Kier alpha value is -2.29. The predicted octanol–water partition coefficient (Wildman–Crippen LogP) is 2.91. The normalized spacial score (nSPS) is 14.7. The van der Waals surface area contributed by atoms with Gasteiger partial charge in [-0.05, 0) is 23.8 Å². The van der Waals surface area contributed by atoms with Crippen LogP contribution in [0.25, 0.3) is 21.8 Å². The van der Waals surface area contributed by atoms with Crippen LogP contribution in [0.1, 0.15) is 15.9 Å². The van der Waals surface area contributed by atoms with E-state index in [4.69, 9.17) is 0 Å². The molecule has 1 amide bonds. The molecule has 1 aliphatic heterocycles. The first-order valence-corrected chi connectivity index (χ1v) is 6.03. The Morgan fingerprint density at radius 3 is 2.83 bits per heavy atom. The number of nitrogens with one attached hydrogen (secondary N) is 1. The van der Waals surface area contributed by atoms with E-state index in [9.17, 15) is 4.79 Å². The Morgan fingerprint density at radius 2 is 1.94 bits per heavy atom. The highest BCUT2D eigenvalue weighted by molar-refractivity contribution is 6.13. The summed E-state index contributed by atoms with van der Waals surface area (Å²) in [6.45, 7) is 0.702. The van der Waals surface area contributed by atoms with E-state index in [-0.39, 0.29) is 5.91 Å². The van der Waals surface area contributed by atoms with Crippen LogP contribution in [0.15, 0.2) is 36.4 Å². The van der Waals surface area contributed by atoms with Crippen molar-refractivity contribution in [3.63, 3.8) is 0 Å². The lowest BCUT2D eigenvalue weighted by Crippen LogP contribution is -2.17. The second-order valence-corrected chi connectivity index (χ2v) is 4.85. The molecule has 18 heavy (non-hydrogen) atoms. The van der Waals surface area contributed by atoms with Crippen LogP contribution >= 0.6 is 0 Å². The number of benzene rings is 2. The highest BCUT2D eigenvalue weighted by Gasteiger charge is 2.27. The third kappa shape index (κ3) is 1.06. The Morgan fingerprint density at radius 1 is 1.11 bits per heavy atom. The molecule has 0 fully saturated rings. The molecule has 0 saturated carbocycles. The number of aromatic amines is 1.